The van der Waals surface area contributed by atoms with Gasteiger partial charge >= 0.3 is 0 Å². The number of hydrogen-bond acceptors (Lipinski definition) is 1. The number of halogens is 2. The lowest BCUT2D eigenvalue weighted by Gasteiger charge is -2.17. The highest BCUT2D eigenvalue weighted by molar-refractivity contribution is 9.10. The van der Waals surface area contributed by atoms with E-state index in [0.717, 1.165) is 23.0 Å². The van der Waals surface area contributed by atoms with Crippen molar-refractivity contribution >= 4 is 15.9 Å². The molecule has 0 radical (unpaired) electrons. The van der Waals surface area contributed by atoms with Gasteiger partial charge in [0, 0.05) is 10.5 Å². The fraction of sp³-hybridized carbons (Fsp3) is 0.538. The van der Waals surface area contributed by atoms with E-state index < -0.39 is 0 Å². The van der Waals surface area contributed by atoms with Crippen LogP contribution in [0.1, 0.15) is 26.3 Å². The van der Waals surface area contributed by atoms with Gasteiger partial charge in [0.15, 0.2) is 0 Å². The van der Waals surface area contributed by atoms with Crippen LogP contribution in [0.5, 0.6) is 0 Å². The zero-order valence-electron chi connectivity index (χ0n) is 10.1. The highest BCUT2D eigenvalue weighted by Crippen LogP contribution is 2.15. The van der Waals surface area contributed by atoms with Crippen molar-refractivity contribution in [2.45, 2.75) is 33.2 Å². The average molecular weight is 288 g/mol. The summed E-state index contributed by atoms with van der Waals surface area (Å²) in [5.74, 6) is 0.481. The van der Waals surface area contributed by atoms with Crippen molar-refractivity contribution in [1.82, 2.24) is 5.32 Å². The zero-order chi connectivity index (χ0) is 12.1. The molecule has 0 aliphatic rings. The highest BCUT2D eigenvalue weighted by Gasteiger charge is 2.07. The first-order chi connectivity index (χ1) is 7.50. The number of hydrogen-bond donors (Lipinski definition) is 1. The minimum Gasteiger partial charge on any atom is -0.314 e. The minimum atomic E-state index is -0.123. The molecule has 90 valence electrons. The predicted molar refractivity (Wildman–Crippen MR) is 70.1 cm³/mol. The van der Waals surface area contributed by atoms with Crippen LogP contribution < -0.4 is 5.32 Å². The van der Waals surface area contributed by atoms with Gasteiger partial charge in [-0.25, -0.2) is 4.39 Å². The van der Waals surface area contributed by atoms with E-state index in [1.807, 2.05) is 6.07 Å². The molecule has 1 unspecified atom stereocenters. The van der Waals surface area contributed by atoms with Gasteiger partial charge in [-0.2, -0.15) is 0 Å². The van der Waals surface area contributed by atoms with E-state index in [0.29, 0.717) is 12.0 Å². The second-order valence-corrected chi connectivity index (χ2v) is 5.39. The molecule has 1 atom stereocenters. The maximum absolute atomic E-state index is 13.4. The van der Waals surface area contributed by atoms with Crippen molar-refractivity contribution in [3.8, 4) is 0 Å². The molecule has 0 spiro atoms. The van der Waals surface area contributed by atoms with Crippen LogP contribution in [0.3, 0.4) is 0 Å². The van der Waals surface area contributed by atoms with E-state index in [1.165, 1.54) is 6.07 Å². The number of nitrogens with one attached hydrogen (secondary N) is 1. The highest BCUT2D eigenvalue weighted by atomic mass is 79.9. The zero-order valence-corrected chi connectivity index (χ0v) is 11.6. The van der Waals surface area contributed by atoms with Crippen LogP contribution in [-0.2, 0) is 6.42 Å². The van der Waals surface area contributed by atoms with Crippen LogP contribution in [0.4, 0.5) is 4.39 Å². The Balaban J connectivity index is 2.45. The Kier molecular flexibility index (Phi) is 5.42. The van der Waals surface area contributed by atoms with Gasteiger partial charge in [0.25, 0.3) is 0 Å². The molecule has 0 aliphatic heterocycles. The summed E-state index contributed by atoms with van der Waals surface area (Å²) < 4.78 is 14.3. The Morgan fingerprint density at radius 2 is 2.00 bits per heavy atom. The molecule has 0 saturated carbocycles. The van der Waals surface area contributed by atoms with E-state index in [-0.39, 0.29) is 5.82 Å². The van der Waals surface area contributed by atoms with Crippen molar-refractivity contribution in [2.24, 2.45) is 5.92 Å². The summed E-state index contributed by atoms with van der Waals surface area (Å²) in [6.07, 6.45) is 0.725. The molecule has 1 N–H and O–H groups in total. The van der Waals surface area contributed by atoms with E-state index in [9.17, 15) is 4.39 Å². The molecule has 3 heteroatoms. The lowest BCUT2D eigenvalue weighted by molar-refractivity contribution is 0.428. The van der Waals surface area contributed by atoms with Gasteiger partial charge in [0.2, 0.25) is 0 Å². The molecular formula is C13H19BrFN. The van der Waals surface area contributed by atoms with Gasteiger partial charge in [-0.3, -0.25) is 0 Å². The van der Waals surface area contributed by atoms with Crippen molar-refractivity contribution in [3.63, 3.8) is 0 Å². The molecule has 0 fully saturated rings. The summed E-state index contributed by atoms with van der Waals surface area (Å²) in [5.41, 5.74) is 0.762. The Morgan fingerprint density at radius 1 is 1.31 bits per heavy atom. The van der Waals surface area contributed by atoms with Gasteiger partial charge in [-0.1, -0.05) is 29.8 Å². The topological polar surface area (TPSA) is 12.0 Å². The van der Waals surface area contributed by atoms with Crippen LogP contribution >= 0.6 is 15.9 Å². The summed E-state index contributed by atoms with van der Waals surface area (Å²) in [7, 11) is 0. The molecule has 0 heterocycles. The molecular weight excluding hydrogens is 269 g/mol. The minimum absolute atomic E-state index is 0.123. The predicted octanol–water partition coefficient (Wildman–Crippen LogP) is 3.76. The average Bonchev–Trinajstić information content (AvgIpc) is 2.22. The molecule has 1 nitrogen and oxygen atoms in total. The molecule has 0 aliphatic carbocycles. The van der Waals surface area contributed by atoms with E-state index in [2.05, 4.69) is 42.0 Å². The van der Waals surface area contributed by atoms with E-state index in [4.69, 9.17) is 0 Å². The standard InChI is InChI=1S/C13H19BrFN/c1-9(2)10(3)16-7-6-11-8-12(14)4-5-13(11)15/h4-5,8-10,16H,6-7H2,1-3H3. The molecule has 0 saturated heterocycles. The number of rotatable bonds is 5. The third-order valence-electron chi connectivity index (χ3n) is 2.87. The quantitative estimate of drug-likeness (QED) is 0.869. The summed E-state index contributed by atoms with van der Waals surface area (Å²) in [6.45, 7) is 7.32. The molecule has 1 aromatic rings. The van der Waals surface area contributed by atoms with Gasteiger partial charge in [-0.15, -0.1) is 0 Å². The second-order valence-electron chi connectivity index (χ2n) is 4.47. The summed E-state index contributed by atoms with van der Waals surface area (Å²) in [6, 6.07) is 5.54. The Hall–Kier alpha value is -0.410. The summed E-state index contributed by atoms with van der Waals surface area (Å²) in [4.78, 5) is 0. The molecule has 0 aromatic heterocycles. The first kappa shape index (κ1) is 13.7. The van der Waals surface area contributed by atoms with Crippen molar-refractivity contribution in [3.05, 3.63) is 34.1 Å². The van der Waals surface area contributed by atoms with Crippen molar-refractivity contribution < 1.29 is 4.39 Å². The fourth-order valence-electron chi connectivity index (χ4n) is 1.41. The van der Waals surface area contributed by atoms with Crippen LogP contribution in [0.25, 0.3) is 0 Å². The van der Waals surface area contributed by atoms with E-state index >= 15 is 0 Å². The second kappa shape index (κ2) is 6.36. The molecule has 1 rings (SSSR count). The molecule has 0 bridgehead atoms. The van der Waals surface area contributed by atoms with Crippen molar-refractivity contribution in [1.29, 1.82) is 0 Å². The first-order valence-electron chi connectivity index (χ1n) is 5.68. The lowest BCUT2D eigenvalue weighted by atomic mass is 10.1. The van der Waals surface area contributed by atoms with E-state index in [1.54, 1.807) is 6.07 Å². The Morgan fingerprint density at radius 3 is 2.62 bits per heavy atom. The normalized spacial score (nSPS) is 13.1. The Bertz CT molecular complexity index is 339. The van der Waals surface area contributed by atoms with Gasteiger partial charge in [-0.05, 0) is 49.6 Å². The third kappa shape index (κ3) is 4.22. The monoisotopic (exact) mass is 287 g/mol. The number of benzene rings is 1. The van der Waals surface area contributed by atoms with Crippen molar-refractivity contribution in [2.75, 3.05) is 6.54 Å². The van der Waals surface area contributed by atoms with Gasteiger partial charge in [0.05, 0.1) is 0 Å². The van der Waals surface area contributed by atoms with Gasteiger partial charge in [0.1, 0.15) is 5.82 Å². The maximum Gasteiger partial charge on any atom is 0.126 e. The molecule has 16 heavy (non-hydrogen) atoms. The largest absolute Gasteiger partial charge is 0.314 e. The van der Waals surface area contributed by atoms with Crippen LogP contribution in [0, 0.1) is 11.7 Å². The fourth-order valence-corrected chi connectivity index (χ4v) is 1.81. The first-order valence-corrected chi connectivity index (χ1v) is 6.47. The van der Waals surface area contributed by atoms with Crippen LogP contribution in [-0.4, -0.2) is 12.6 Å². The maximum atomic E-state index is 13.4. The third-order valence-corrected chi connectivity index (χ3v) is 3.36. The van der Waals surface area contributed by atoms with Crippen LogP contribution in [0.15, 0.2) is 22.7 Å². The van der Waals surface area contributed by atoms with Crippen LogP contribution in [0.2, 0.25) is 0 Å². The Labute approximate surface area is 106 Å². The molecule has 1 aromatic carbocycles. The lowest BCUT2D eigenvalue weighted by Crippen LogP contribution is -2.32. The smallest absolute Gasteiger partial charge is 0.126 e. The summed E-state index contributed by atoms with van der Waals surface area (Å²) in [5, 5.41) is 3.40. The SMILES string of the molecule is CC(C)C(C)NCCc1cc(Br)ccc1F. The molecule has 0 amide bonds. The summed E-state index contributed by atoms with van der Waals surface area (Å²) >= 11 is 3.35. The van der Waals surface area contributed by atoms with Gasteiger partial charge < -0.3 is 5.32 Å².